The molecule has 0 saturated heterocycles. The van der Waals surface area contributed by atoms with Gasteiger partial charge in [0.05, 0.1) is 5.02 Å². The van der Waals surface area contributed by atoms with E-state index in [2.05, 4.69) is 10.6 Å². The molecule has 0 heterocycles. The molecule has 1 fully saturated rings. The van der Waals surface area contributed by atoms with Crippen LogP contribution in [-0.4, -0.2) is 36.2 Å². The van der Waals surface area contributed by atoms with E-state index in [-0.39, 0.29) is 35.9 Å². The van der Waals surface area contributed by atoms with Crippen molar-refractivity contribution < 1.29 is 19.4 Å². The molecule has 6 nitrogen and oxygen atoms in total. The Bertz CT molecular complexity index is 916. The zero-order valence-corrected chi connectivity index (χ0v) is 18.6. The van der Waals surface area contributed by atoms with Crippen molar-refractivity contribution >= 4 is 40.7 Å². The molecular weight excluding hydrogens is 439 g/mol. The number of rotatable bonds is 8. The zero-order chi connectivity index (χ0) is 22.2. The fraction of sp³-hybridized carbons (Fsp3) is 0.391. The Balaban J connectivity index is 1.48. The van der Waals surface area contributed by atoms with Crippen molar-refractivity contribution in [2.24, 2.45) is 5.92 Å². The van der Waals surface area contributed by atoms with Crippen molar-refractivity contribution in [3.63, 3.8) is 0 Å². The van der Waals surface area contributed by atoms with Crippen molar-refractivity contribution in [3.8, 4) is 5.75 Å². The predicted molar refractivity (Wildman–Crippen MR) is 122 cm³/mol. The fourth-order valence-corrected chi connectivity index (χ4v) is 3.85. The largest absolute Gasteiger partial charge is 0.489 e. The van der Waals surface area contributed by atoms with Crippen molar-refractivity contribution in [2.75, 3.05) is 18.5 Å². The van der Waals surface area contributed by atoms with Gasteiger partial charge in [0, 0.05) is 23.7 Å². The summed E-state index contributed by atoms with van der Waals surface area (Å²) in [6, 6.07) is 11.7. The third-order valence-electron chi connectivity index (χ3n) is 5.21. The molecule has 0 aromatic heterocycles. The minimum absolute atomic E-state index is 0.00417. The summed E-state index contributed by atoms with van der Waals surface area (Å²) < 4.78 is 5.47. The summed E-state index contributed by atoms with van der Waals surface area (Å²) in [7, 11) is 0. The van der Waals surface area contributed by atoms with Gasteiger partial charge in [-0.25, -0.2) is 0 Å². The second-order valence-electron chi connectivity index (χ2n) is 7.63. The van der Waals surface area contributed by atoms with Crippen LogP contribution in [0.4, 0.5) is 5.69 Å². The van der Waals surface area contributed by atoms with E-state index >= 15 is 0 Å². The van der Waals surface area contributed by atoms with Crippen LogP contribution in [0, 0.1) is 5.92 Å². The summed E-state index contributed by atoms with van der Waals surface area (Å²) in [5, 5.41) is 16.3. The molecule has 1 aliphatic carbocycles. The number of ether oxygens (including phenoxy) is 1. The maximum absolute atomic E-state index is 12.4. The van der Waals surface area contributed by atoms with Crippen LogP contribution in [0.3, 0.4) is 0 Å². The molecule has 0 aliphatic heterocycles. The van der Waals surface area contributed by atoms with Gasteiger partial charge < -0.3 is 20.5 Å². The molecule has 1 unspecified atom stereocenters. The molecule has 0 radical (unpaired) electrons. The van der Waals surface area contributed by atoms with Gasteiger partial charge in [0.1, 0.15) is 23.5 Å². The number of aliphatic hydroxyl groups excluding tert-OH is 1. The summed E-state index contributed by atoms with van der Waals surface area (Å²) in [5.41, 5.74) is 0.982. The van der Waals surface area contributed by atoms with Crippen LogP contribution in [0.15, 0.2) is 42.5 Å². The highest BCUT2D eigenvalue weighted by Crippen LogP contribution is 2.31. The Labute approximate surface area is 191 Å². The number of carbonyl (C=O) groups excluding carboxylic acids is 2. The summed E-state index contributed by atoms with van der Waals surface area (Å²) >= 11 is 12.0. The van der Waals surface area contributed by atoms with Crippen LogP contribution >= 0.6 is 23.2 Å². The van der Waals surface area contributed by atoms with Gasteiger partial charge in [-0.05, 0) is 43.2 Å². The molecule has 166 valence electrons. The van der Waals surface area contributed by atoms with E-state index in [1.54, 1.807) is 42.5 Å². The number of amides is 2. The molecule has 31 heavy (non-hydrogen) atoms. The Morgan fingerprint density at radius 1 is 1.10 bits per heavy atom. The van der Waals surface area contributed by atoms with E-state index in [0.717, 1.165) is 25.7 Å². The normalized spacial score (nSPS) is 15.2. The number of nitrogens with one attached hydrogen (secondary N) is 2. The van der Waals surface area contributed by atoms with Gasteiger partial charge >= 0.3 is 0 Å². The van der Waals surface area contributed by atoms with Gasteiger partial charge in [-0.1, -0.05) is 54.6 Å². The summed E-state index contributed by atoms with van der Waals surface area (Å²) in [4.78, 5) is 24.9. The molecule has 2 aromatic carbocycles. The van der Waals surface area contributed by atoms with Crippen molar-refractivity contribution in [1.29, 1.82) is 0 Å². The molecule has 1 aliphatic rings. The smallest absolute Gasteiger partial charge is 0.251 e. The summed E-state index contributed by atoms with van der Waals surface area (Å²) in [6.45, 7) is -0.0620. The van der Waals surface area contributed by atoms with Crippen LogP contribution in [0.1, 0.15) is 42.5 Å². The van der Waals surface area contributed by atoms with Gasteiger partial charge in [-0.2, -0.15) is 0 Å². The van der Waals surface area contributed by atoms with E-state index < -0.39 is 6.10 Å². The van der Waals surface area contributed by atoms with Crippen LogP contribution < -0.4 is 15.4 Å². The standard InChI is InChI=1S/C23H26Cl2N2O4/c24-19-10-5-11-20(21(19)25)31-14-18(28)13-26-22(29)16-8-4-9-17(12-16)27-23(30)15-6-2-1-3-7-15/h4-5,8-12,15,18,28H,1-3,6-7,13-14H2,(H,26,29)(H,27,30). The lowest BCUT2D eigenvalue weighted by Gasteiger charge is -2.20. The molecule has 3 N–H and O–H groups in total. The molecule has 8 heteroatoms. The molecule has 1 atom stereocenters. The second-order valence-corrected chi connectivity index (χ2v) is 8.42. The topological polar surface area (TPSA) is 87.7 Å². The third kappa shape index (κ3) is 6.86. The molecule has 0 bridgehead atoms. The van der Waals surface area contributed by atoms with Gasteiger partial charge in [-0.15, -0.1) is 0 Å². The minimum atomic E-state index is -0.937. The lowest BCUT2D eigenvalue weighted by molar-refractivity contribution is -0.120. The molecule has 1 saturated carbocycles. The Morgan fingerprint density at radius 2 is 1.84 bits per heavy atom. The number of hydrogen-bond donors (Lipinski definition) is 3. The number of benzene rings is 2. The lowest BCUT2D eigenvalue weighted by Crippen LogP contribution is -2.35. The van der Waals surface area contributed by atoms with E-state index in [1.165, 1.54) is 6.42 Å². The van der Waals surface area contributed by atoms with Gasteiger partial charge in [-0.3, -0.25) is 9.59 Å². The SMILES string of the molecule is O=C(NCC(O)COc1cccc(Cl)c1Cl)c1cccc(NC(=O)C2CCCCC2)c1. The maximum atomic E-state index is 12.4. The fourth-order valence-electron chi connectivity index (χ4n) is 3.50. The lowest BCUT2D eigenvalue weighted by atomic mass is 9.88. The highest BCUT2D eigenvalue weighted by Gasteiger charge is 2.21. The minimum Gasteiger partial charge on any atom is -0.489 e. The summed E-state index contributed by atoms with van der Waals surface area (Å²) in [6.07, 6.45) is 4.22. The number of halogens is 2. The van der Waals surface area contributed by atoms with Gasteiger partial charge in [0.15, 0.2) is 0 Å². The van der Waals surface area contributed by atoms with E-state index in [1.807, 2.05) is 0 Å². The van der Waals surface area contributed by atoms with Crippen LogP contribution in [0.5, 0.6) is 5.75 Å². The molecule has 0 spiro atoms. The highest BCUT2D eigenvalue weighted by molar-refractivity contribution is 6.42. The number of aliphatic hydroxyl groups is 1. The average molecular weight is 465 g/mol. The molecular formula is C23H26Cl2N2O4. The first kappa shape index (κ1) is 23.4. The van der Waals surface area contributed by atoms with E-state index in [9.17, 15) is 14.7 Å². The Morgan fingerprint density at radius 3 is 2.61 bits per heavy atom. The van der Waals surface area contributed by atoms with Gasteiger partial charge in [0.2, 0.25) is 5.91 Å². The van der Waals surface area contributed by atoms with Crippen LogP contribution in [0.25, 0.3) is 0 Å². The van der Waals surface area contributed by atoms with Crippen molar-refractivity contribution in [1.82, 2.24) is 5.32 Å². The monoisotopic (exact) mass is 464 g/mol. The average Bonchev–Trinajstić information content (AvgIpc) is 2.79. The quantitative estimate of drug-likeness (QED) is 0.528. The third-order valence-corrected chi connectivity index (χ3v) is 6.02. The Hall–Kier alpha value is -2.28. The van der Waals surface area contributed by atoms with Crippen LogP contribution in [0.2, 0.25) is 10.0 Å². The first-order chi connectivity index (χ1) is 14.9. The first-order valence-corrected chi connectivity index (χ1v) is 11.1. The number of anilines is 1. The second kappa shape index (κ2) is 11.4. The maximum Gasteiger partial charge on any atom is 0.251 e. The van der Waals surface area contributed by atoms with Crippen molar-refractivity contribution in [3.05, 3.63) is 58.1 Å². The molecule has 2 aromatic rings. The first-order valence-electron chi connectivity index (χ1n) is 10.4. The van der Waals surface area contributed by atoms with E-state index in [0.29, 0.717) is 22.0 Å². The number of hydrogen-bond acceptors (Lipinski definition) is 4. The number of carbonyl (C=O) groups is 2. The molecule has 3 rings (SSSR count). The van der Waals surface area contributed by atoms with Gasteiger partial charge in [0.25, 0.3) is 5.91 Å². The highest BCUT2D eigenvalue weighted by atomic mass is 35.5. The Kier molecular flexibility index (Phi) is 8.58. The zero-order valence-electron chi connectivity index (χ0n) is 17.1. The van der Waals surface area contributed by atoms with Crippen molar-refractivity contribution in [2.45, 2.75) is 38.2 Å². The summed E-state index contributed by atoms with van der Waals surface area (Å²) in [5.74, 6) is 0.0495. The van der Waals surface area contributed by atoms with Crippen LogP contribution in [-0.2, 0) is 4.79 Å². The van der Waals surface area contributed by atoms with E-state index in [4.69, 9.17) is 27.9 Å². The predicted octanol–water partition coefficient (Wildman–Crippen LogP) is 4.68. The molecule has 2 amide bonds.